The van der Waals surface area contributed by atoms with Gasteiger partial charge in [-0.2, -0.15) is 0 Å². The van der Waals surface area contributed by atoms with E-state index >= 15 is 0 Å². The highest BCUT2D eigenvalue weighted by atomic mass is 14.4. The van der Waals surface area contributed by atoms with Crippen LogP contribution < -0.4 is 0 Å². The Morgan fingerprint density at radius 3 is 1.57 bits per heavy atom. The maximum Gasteiger partial charge on any atom is -0.0276 e. The fraction of sp³-hybridized carbons (Fsp3) is 0.786. The van der Waals surface area contributed by atoms with E-state index in [4.69, 9.17) is 0 Å². The monoisotopic (exact) mass is 382 g/mol. The molecule has 28 heavy (non-hydrogen) atoms. The van der Waals surface area contributed by atoms with Gasteiger partial charge in [0.15, 0.2) is 0 Å². The summed E-state index contributed by atoms with van der Waals surface area (Å²) < 4.78 is 0. The summed E-state index contributed by atoms with van der Waals surface area (Å²) in [6.45, 7) is 4.60. The lowest BCUT2D eigenvalue weighted by molar-refractivity contribution is 0.140. The molecule has 0 N–H and O–H groups in total. The van der Waals surface area contributed by atoms with Gasteiger partial charge in [-0.1, -0.05) is 95.9 Å². The molecule has 0 spiro atoms. The van der Waals surface area contributed by atoms with Gasteiger partial charge in [0, 0.05) is 0 Å². The van der Waals surface area contributed by atoms with E-state index < -0.39 is 0 Å². The second-order valence-electron chi connectivity index (χ2n) is 10.2. The minimum absolute atomic E-state index is 0.997. The predicted molar refractivity (Wildman–Crippen MR) is 124 cm³/mol. The Morgan fingerprint density at radius 2 is 1.07 bits per heavy atom. The Balaban J connectivity index is 1.31. The van der Waals surface area contributed by atoms with E-state index in [0.29, 0.717) is 0 Å². The van der Waals surface area contributed by atoms with Crippen molar-refractivity contribution in [1.29, 1.82) is 0 Å². The zero-order chi connectivity index (χ0) is 19.6. The average Bonchev–Trinajstić information content (AvgIpc) is 2.75. The minimum Gasteiger partial charge on any atom is -0.0654 e. The lowest BCUT2D eigenvalue weighted by Crippen LogP contribution is -2.26. The third-order valence-electron chi connectivity index (χ3n) is 8.07. The number of hydrogen-bond donors (Lipinski definition) is 0. The summed E-state index contributed by atoms with van der Waals surface area (Å²) in [5.41, 5.74) is 3.07. The quantitative estimate of drug-likeness (QED) is 0.355. The first kappa shape index (κ1) is 21.9. The molecule has 0 aliphatic heterocycles. The summed E-state index contributed by atoms with van der Waals surface area (Å²) in [5, 5.41) is 0. The fourth-order valence-corrected chi connectivity index (χ4v) is 6.11. The minimum atomic E-state index is 0.997. The molecule has 2 fully saturated rings. The molecule has 0 atom stereocenters. The van der Waals surface area contributed by atoms with Gasteiger partial charge in [-0.25, -0.2) is 0 Å². The lowest BCUT2D eigenvalue weighted by atomic mass is 9.68. The first-order chi connectivity index (χ1) is 13.8. The summed E-state index contributed by atoms with van der Waals surface area (Å²) in [6.07, 6.45) is 23.3. The highest BCUT2D eigenvalue weighted by Gasteiger charge is 2.30. The van der Waals surface area contributed by atoms with Crippen molar-refractivity contribution >= 4 is 0 Å². The van der Waals surface area contributed by atoms with Gasteiger partial charge in [-0.05, 0) is 79.7 Å². The zero-order valence-electron chi connectivity index (χ0n) is 18.9. The Kier molecular flexibility index (Phi) is 9.42. The fourth-order valence-electron chi connectivity index (χ4n) is 6.11. The van der Waals surface area contributed by atoms with Gasteiger partial charge in [0.2, 0.25) is 0 Å². The molecule has 0 bridgehead atoms. The largest absolute Gasteiger partial charge is 0.0654 e. The van der Waals surface area contributed by atoms with Gasteiger partial charge in [0.25, 0.3) is 0 Å². The van der Waals surface area contributed by atoms with Crippen molar-refractivity contribution in [3.8, 4) is 0 Å². The van der Waals surface area contributed by atoms with Crippen LogP contribution in [0.3, 0.4) is 0 Å². The van der Waals surface area contributed by atoms with Crippen LogP contribution in [0.4, 0.5) is 0 Å². The molecule has 0 heteroatoms. The molecule has 0 heterocycles. The third kappa shape index (κ3) is 6.93. The maximum absolute atomic E-state index is 2.38. The molecular formula is C28H46. The maximum atomic E-state index is 2.38. The molecule has 0 unspecified atom stereocenters. The van der Waals surface area contributed by atoms with Crippen LogP contribution in [0.1, 0.15) is 115 Å². The van der Waals surface area contributed by atoms with E-state index in [2.05, 4.69) is 38.1 Å². The van der Waals surface area contributed by atoms with Crippen molar-refractivity contribution < 1.29 is 0 Å². The van der Waals surface area contributed by atoms with Gasteiger partial charge in [-0.3, -0.25) is 0 Å². The third-order valence-corrected chi connectivity index (χ3v) is 8.07. The number of hydrogen-bond acceptors (Lipinski definition) is 0. The van der Waals surface area contributed by atoms with Crippen molar-refractivity contribution in [3.63, 3.8) is 0 Å². The SMILES string of the molecule is CCCCC[C@H]1CC[C@H](C2CCC(CCc3ccc(CCC)cc3)CC2)CC1. The van der Waals surface area contributed by atoms with Crippen molar-refractivity contribution in [1.82, 2.24) is 0 Å². The predicted octanol–water partition coefficient (Wildman–Crippen LogP) is 8.76. The molecule has 2 saturated carbocycles. The Hall–Kier alpha value is -0.780. The van der Waals surface area contributed by atoms with Crippen LogP contribution in [-0.4, -0.2) is 0 Å². The van der Waals surface area contributed by atoms with Crippen LogP contribution >= 0.6 is 0 Å². The topological polar surface area (TPSA) is 0 Å². The van der Waals surface area contributed by atoms with E-state index in [1.807, 2.05) is 0 Å². The van der Waals surface area contributed by atoms with Gasteiger partial charge in [-0.15, -0.1) is 0 Å². The van der Waals surface area contributed by atoms with E-state index in [1.165, 1.54) is 82.6 Å². The molecule has 2 aliphatic rings. The van der Waals surface area contributed by atoms with Crippen molar-refractivity contribution in [2.75, 3.05) is 0 Å². The average molecular weight is 383 g/mol. The molecule has 3 rings (SSSR count). The van der Waals surface area contributed by atoms with E-state index in [9.17, 15) is 0 Å². The highest BCUT2D eigenvalue weighted by molar-refractivity contribution is 5.22. The van der Waals surface area contributed by atoms with Gasteiger partial charge in [0.05, 0.1) is 0 Å². The molecule has 1 aromatic carbocycles. The van der Waals surface area contributed by atoms with Crippen LogP contribution in [0.15, 0.2) is 24.3 Å². The number of unbranched alkanes of at least 4 members (excludes halogenated alkanes) is 2. The molecule has 0 saturated heterocycles. The number of aryl methyl sites for hydroxylation is 2. The lowest BCUT2D eigenvalue weighted by Gasteiger charge is -2.38. The molecular weight excluding hydrogens is 336 g/mol. The Morgan fingerprint density at radius 1 is 0.571 bits per heavy atom. The molecule has 2 aliphatic carbocycles. The molecule has 158 valence electrons. The van der Waals surface area contributed by atoms with Crippen LogP contribution in [0.5, 0.6) is 0 Å². The zero-order valence-corrected chi connectivity index (χ0v) is 18.9. The summed E-state index contributed by atoms with van der Waals surface area (Å²) >= 11 is 0. The van der Waals surface area contributed by atoms with Crippen molar-refractivity contribution in [3.05, 3.63) is 35.4 Å². The van der Waals surface area contributed by atoms with Crippen LogP contribution in [0, 0.1) is 23.7 Å². The van der Waals surface area contributed by atoms with Crippen molar-refractivity contribution in [2.45, 2.75) is 117 Å². The first-order valence-electron chi connectivity index (χ1n) is 12.9. The van der Waals surface area contributed by atoms with Gasteiger partial charge in [0.1, 0.15) is 0 Å². The number of rotatable bonds is 10. The van der Waals surface area contributed by atoms with Gasteiger partial charge >= 0.3 is 0 Å². The van der Waals surface area contributed by atoms with Crippen LogP contribution in [0.2, 0.25) is 0 Å². The molecule has 0 amide bonds. The first-order valence-corrected chi connectivity index (χ1v) is 12.9. The summed E-state index contributed by atoms with van der Waals surface area (Å²) in [4.78, 5) is 0. The summed E-state index contributed by atoms with van der Waals surface area (Å²) in [7, 11) is 0. The number of benzene rings is 1. The molecule has 0 radical (unpaired) electrons. The van der Waals surface area contributed by atoms with Crippen LogP contribution in [-0.2, 0) is 12.8 Å². The molecule has 1 aromatic rings. The second-order valence-corrected chi connectivity index (χ2v) is 10.2. The summed E-state index contributed by atoms with van der Waals surface area (Å²) in [5.74, 6) is 4.22. The van der Waals surface area contributed by atoms with E-state index in [0.717, 1.165) is 23.7 Å². The molecule has 0 aromatic heterocycles. The Bertz CT molecular complexity index is 511. The van der Waals surface area contributed by atoms with E-state index in [1.54, 1.807) is 31.2 Å². The van der Waals surface area contributed by atoms with Crippen LogP contribution in [0.25, 0.3) is 0 Å². The second kappa shape index (κ2) is 12.0. The Labute approximate surface area is 175 Å². The molecule has 0 nitrogen and oxygen atoms in total. The smallest absolute Gasteiger partial charge is 0.0276 e. The van der Waals surface area contributed by atoms with Gasteiger partial charge < -0.3 is 0 Å². The normalized spacial score (nSPS) is 28.4. The summed E-state index contributed by atoms with van der Waals surface area (Å²) in [6, 6.07) is 9.48. The van der Waals surface area contributed by atoms with E-state index in [-0.39, 0.29) is 0 Å². The standard InChI is InChI=1S/C28H46/c1-3-5-6-8-24-15-19-27(20-16-24)28-21-17-26(18-22-28)14-13-25-11-9-23(7-4-2)10-12-25/h9-12,24,26-28H,3-8,13-22H2,1-2H3/t24-,26?,27-,28?. The highest BCUT2D eigenvalue weighted by Crippen LogP contribution is 2.43. The van der Waals surface area contributed by atoms with Crippen molar-refractivity contribution in [2.24, 2.45) is 23.7 Å².